The number of hydrogen-bond acceptors (Lipinski definition) is 4. The Kier molecular flexibility index (Phi) is 3.16. The molecule has 0 aliphatic carbocycles. The molecule has 0 spiro atoms. The van der Waals surface area contributed by atoms with E-state index in [-0.39, 0.29) is 11.6 Å². The first kappa shape index (κ1) is 14.2. The zero-order valence-corrected chi connectivity index (χ0v) is 12.8. The molecule has 0 saturated carbocycles. The van der Waals surface area contributed by atoms with E-state index in [1.165, 1.54) is 0 Å². The number of rotatable bonds is 3. The normalized spacial score (nSPS) is 11.2. The van der Waals surface area contributed by atoms with Gasteiger partial charge in [-0.15, -0.1) is 5.10 Å². The molecule has 24 heavy (non-hydrogen) atoms. The lowest BCUT2D eigenvalue weighted by Gasteiger charge is -2.05. The van der Waals surface area contributed by atoms with Crippen LogP contribution in [0.5, 0.6) is 0 Å². The van der Waals surface area contributed by atoms with Crippen LogP contribution in [0.4, 0.5) is 5.69 Å². The molecular weight excluding hydrogens is 308 g/mol. The van der Waals surface area contributed by atoms with Gasteiger partial charge in [0.15, 0.2) is 0 Å². The molecule has 0 atom stereocenters. The number of anilines is 1. The lowest BCUT2D eigenvalue weighted by Crippen LogP contribution is -2.11. The third-order valence-corrected chi connectivity index (χ3v) is 3.85. The van der Waals surface area contributed by atoms with Crippen molar-refractivity contribution >= 4 is 33.7 Å². The molecule has 0 aliphatic heterocycles. The summed E-state index contributed by atoms with van der Waals surface area (Å²) in [6.45, 7) is 2.70. The molecular formula is C16H14N6O2. The molecule has 2 aromatic heterocycles. The van der Waals surface area contributed by atoms with E-state index < -0.39 is 0 Å². The first-order valence-electron chi connectivity index (χ1n) is 7.50. The van der Waals surface area contributed by atoms with Gasteiger partial charge in [-0.05, 0) is 43.3 Å². The van der Waals surface area contributed by atoms with Gasteiger partial charge in [-0.1, -0.05) is 5.21 Å². The number of aromatic amines is 2. The van der Waals surface area contributed by atoms with Crippen molar-refractivity contribution in [1.29, 1.82) is 0 Å². The number of H-pyrrole nitrogens is 2. The second-order valence-corrected chi connectivity index (χ2v) is 5.40. The highest BCUT2D eigenvalue weighted by atomic mass is 16.2. The van der Waals surface area contributed by atoms with Crippen LogP contribution in [-0.2, 0) is 6.54 Å². The summed E-state index contributed by atoms with van der Waals surface area (Å²) in [6.07, 6.45) is 0. The van der Waals surface area contributed by atoms with Crippen LogP contribution in [0.25, 0.3) is 22.1 Å². The maximum absolute atomic E-state index is 12.4. The van der Waals surface area contributed by atoms with E-state index in [1.807, 2.05) is 13.0 Å². The Bertz CT molecular complexity index is 1120. The summed E-state index contributed by atoms with van der Waals surface area (Å²) in [4.78, 5) is 29.0. The fourth-order valence-corrected chi connectivity index (χ4v) is 2.66. The van der Waals surface area contributed by atoms with Crippen LogP contribution < -0.4 is 11.0 Å². The highest BCUT2D eigenvalue weighted by Gasteiger charge is 2.10. The number of aromatic nitrogens is 5. The molecule has 0 bridgehead atoms. The fourth-order valence-electron chi connectivity index (χ4n) is 2.66. The summed E-state index contributed by atoms with van der Waals surface area (Å²) in [5.74, 6) is -0.250. The molecule has 3 N–H and O–H groups in total. The number of amides is 1. The summed E-state index contributed by atoms with van der Waals surface area (Å²) in [7, 11) is 0. The van der Waals surface area contributed by atoms with E-state index >= 15 is 0 Å². The number of carbonyl (C=O) groups excluding carboxylic acids is 1. The summed E-state index contributed by atoms with van der Waals surface area (Å²) in [5, 5.41) is 10.9. The minimum atomic E-state index is -0.280. The molecule has 2 aromatic carbocycles. The lowest BCUT2D eigenvalue weighted by atomic mass is 10.1. The van der Waals surface area contributed by atoms with E-state index in [0.29, 0.717) is 27.8 Å². The van der Waals surface area contributed by atoms with Crippen molar-refractivity contribution < 1.29 is 4.79 Å². The molecule has 0 saturated heterocycles. The SMILES string of the molecule is CCn1nnc2cc(C(=O)Nc3ccc4[nH]c(=O)[nH]c4c3)ccc21. The third-order valence-electron chi connectivity index (χ3n) is 3.85. The molecule has 2 heterocycles. The molecule has 8 heteroatoms. The quantitative estimate of drug-likeness (QED) is 0.535. The van der Waals surface area contributed by atoms with Crippen molar-refractivity contribution in [3.8, 4) is 0 Å². The number of nitrogens with one attached hydrogen (secondary N) is 3. The average Bonchev–Trinajstić information content (AvgIpc) is 3.15. The topological polar surface area (TPSA) is 108 Å². The standard InChI is InChI=1S/C16H14N6O2/c1-2-22-14-6-3-9(7-13(14)20-21-22)15(23)17-10-4-5-11-12(8-10)19-16(24)18-11/h3-8H,2H2,1H3,(H,17,23)(H2,18,19,24). The highest BCUT2D eigenvalue weighted by molar-refractivity contribution is 6.06. The molecule has 4 rings (SSSR count). The Hall–Kier alpha value is -3.42. The molecule has 4 aromatic rings. The largest absolute Gasteiger partial charge is 0.323 e. The number of hydrogen-bond donors (Lipinski definition) is 3. The summed E-state index contributed by atoms with van der Waals surface area (Å²) < 4.78 is 1.77. The van der Waals surface area contributed by atoms with Gasteiger partial charge in [0.25, 0.3) is 5.91 Å². The Balaban J connectivity index is 1.63. The molecule has 0 unspecified atom stereocenters. The van der Waals surface area contributed by atoms with Gasteiger partial charge in [-0.25, -0.2) is 9.48 Å². The molecule has 0 radical (unpaired) electrons. The second-order valence-electron chi connectivity index (χ2n) is 5.40. The number of nitrogens with zero attached hydrogens (tertiary/aromatic N) is 3. The summed E-state index contributed by atoms with van der Waals surface area (Å²) in [5.41, 5.74) is 3.70. The van der Waals surface area contributed by atoms with Gasteiger partial charge >= 0.3 is 5.69 Å². The highest BCUT2D eigenvalue weighted by Crippen LogP contribution is 2.17. The molecule has 0 aliphatic rings. The van der Waals surface area contributed by atoms with E-state index in [0.717, 1.165) is 12.1 Å². The predicted octanol–water partition coefficient (Wildman–Crippen LogP) is 1.87. The van der Waals surface area contributed by atoms with Gasteiger partial charge in [0.2, 0.25) is 0 Å². The van der Waals surface area contributed by atoms with Crippen LogP contribution in [0.15, 0.2) is 41.2 Å². The minimum Gasteiger partial charge on any atom is -0.322 e. The Morgan fingerprint density at radius 3 is 2.83 bits per heavy atom. The summed E-state index contributed by atoms with van der Waals surface area (Å²) >= 11 is 0. The average molecular weight is 322 g/mol. The zero-order valence-electron chi connectivity index (χ0n) is 12.8. The van der Waals surface area contributed by atoms with Gasteiger partial charge in [-0.3, -0.25) is 4.79 Å². The van der Waals surface area contributed by atoms with E-state index in [1.54, 1.807) is 35.0 Å². The number of aryl methyl sites for hydroxylation is 1. The fraction of sp³-hybridized carbons (Fsp3) is 0.125. The third kappa shape index (κ3) is 2.34. The van der Waals surface area contributed by atoms with Gasteiger partial charge < -0.3 is 15.3 Å². The zero-order chi connectivity index (χ0) is 16.7. The second kappa shape index (κ2) is 5.34. The van der Waals surface area contributed by atoms with Gasteiger partial charge in [-0.2, -0.15) is 0 Å². The first-order valence-corrected chi connectivity index (χ1v) is 7.50. The number of fused-ring (bicyclic) bond motifs is 2. The lowest BCUT2D eigenvalue weighted by molar-refractivity contribution is 0.102. The monoisotopic (exact) mass is 322 g/mol. The van der Waals surface area contributed by atoms with Gasteiger partial charge in [0, 0.05) is 17.8 Å². The maximum atomic E-state index is 12.4. The van der Waals surface area contributed by atoms with Crippen LogP contribution in [0.2, 0.25) is 0 Å². The van der Waals surface area contributed by atoms with Crippen molar-refractivity contribution in [2.45, 2.75) is 13.5 Å². The van der Waals surface area contributed by atoms with E-state index in [2.05, 4.69) is 25.6 Å². The van der Waals surface area contributed by atoms with E-state index in [4.69, 9.17) is 0 Å². The van der Waals surface area contributed by atoms with Crippen LogP contribution in [0.1, 0.15) is 17.3 Å². The Morgan fingerprint density at radius 1 is 1.17 bits per heavy atom. The van der Waals surface area contributed by atoms with Gasteiger partial charge in [0.1, 0.15) is 5.52 Å². The number of carbonyl (C=O) groups is 1. The van der Waals surface area contributed by atoms with Crippen LogP contribution in [-0.4, -0.2) is 30.9 Å². The van der Waals surface area contributed by atoms with Crippen molar-refractivity contribution in [1.82, 2.24) is 25.0 Å². The number of benzene rings is 2. The first-order chi connectivity index (χ1) is 11.6. The van der Waals surface area contributed by atoms with Crippen LogP contribution >= 0.6 is 0 Å². The maximum Gasteiger partial charge on any atom is 0.323 e. The molecule has 120 valence electrons. The Labute approximate surface area is 135 Å². The number of imidazole rings is 1. The van der Waals surface area contributed by atoms with Crippen molar-refractivity contribution in [3.05, 3.63) is 52.4 Å². The van der Waals surface area contributed by atoms with E-state index in [9.17, 15) is 9.59 Å². The van der Waals surface area contributed by atoms with Crippen LogP contribution in [0.3, 0.4) is 0 Å². The summed E-state index contributed by atoms with van der Waals surface area (Å²) in [6, 6.07) is 10.5. The van der Waals surface area contributed by atoms with Crippen molar-refractivity contribution in [3.63, 3.8) is 0 Å². The minimum absolute atomic E-state index is 0.250. The predicted molar refractivity (Wildman–Crippen MR) is 90.1 cm³/mol. The van der Waals surface area contributed by atoms with Crippen molar-refractivity contribution in [2.75, 3.05) is 5.32 Å². The molecule has 0 fully saturated rings. The van der Waals surface area contributed by atoms with Crippen LogP contribution in [0, 0.1) is 0 Å². The Morgan fingerprint density at radius 2 is 2.00 bits per heavy atom. The molecule has 8 nitrogen and oxygen atoms in total. The van der Waals surface area contributed by atoms with Crippen molar-refractivity contribution in [2.24, 2.45) is 0 Å². The molecule has 1 amide bonds. The smallest absolute Gasteiger partial charge is 0.322 e. The van der Waals surface area contributed by atoms with Gasteiger partial charge in [0.05, 0.1) is 16.6 Å².